The van der Waals surface area contributed by atoms with Gasteiger partial charge in [0.25, 0.3) is 5.91 Å². The second-order valence-corrected chi connectivity index (χ2v) is 5.00. The van der Waals surface area contributed by atoms with Gasteiger partial charge in [-0.3, -0.25) is 14.9 Å². The van der Waals surface area contributed by atoms with Crippen LogP contribution in [-0.4, -0.2) is 61.7 Å². The smallest absolute Gasteiger partial charge is 0.267 e. The predicted molar refractivity (Wildman–Crippen MR) is 93.5 cm³/mol. The Morgan fingerprint density at radius 1 is 1.38 bits per heavy atom. The molecular formula is C16H22ClN3O4. The van der Waals surface area contributed by atoms with Crippen molar-refractivity contribution in [2.45, 2.75) is 0 Å². The lowest BCUT2D eigenvalue weighted by Crippen LogP contribution is -2.38. The fourth-order valence-electron chi connectivity index (χ4n) is 2.10. The summed E-state index contributed by atoms with van der Waals surface area (Å²) in [7, 11) is 0. The molecule has 132 valence electrons. The summed E-state index contributed by atoms with van der Waals surface area (Å²) in [6.07, 6.45) is 4.47. The van der Waals surface area contributed by atoms with Crippen LogP contribution in [0, 0.1) is 0 Å². The number of morpholine rings is 1. The van der Waals surface area contributed by atoms with E-state index >= 15 is 0 Å². The Kier molecular flexibility index (Phi) is 9.71. The molecule has 1 aliphatic heterocycles. The van der Waals surface area contributed by atoms with E-state index in [0.29, 0.717) is 6.61 Å². The number of amides is 1. The van der Waals surface area contributed by atoms with Crippen molar-refractivity contribution in [3.63, 3.8) is 0 Å². The van der Waals surface area contributed by atoms with Crippen molar-refractivity contribution >= 4 is 30.6 Å². The van der Waals surface area contributed by atoms with E-state index in [9.17, 15) is 4.79 Å². The summed E-state index contributed by atoms with van der Waals surface area (Å²) in [6.45, 7) is 4.79. The van der Waals surface area contributed by atoms with E-state index in [4.69, 9.17) is 14.8 Å². The molecule has 8 heteroatoms. The van der Waals surface area contributed by atoms with Gasteiger partial charge >= 0.3 is 0 Å². The van der Waals surface area contributed by atoms with Crippen LogP contribution in [0.2, 0.25) is 0 Å². The Labute approximate surface area is 147 Å². The van der Waals surface area contributed by atoms with Crippen molar-refractivity contribution in [3.05, 3.63) is 41.5 Å². The van der Waals surface area contributed by atoms with Gasteiger partial charge in [0.05, 0.1) is 19.4 Å². The summed E-state index contributed by atoms with van der Waals surface area (Å²) in [5.74, 6) is -0.574. The average molecular weight is 356 g/mol. The Balaban J connectivity index is 0.00000288. The minimum absolute atomic E-state index is 0. The number of rotatable bonds is 7. The molecule has 0 aliphatic carbocycles. The van der Waals surface area contributed by atoms with Gasteiger partial charge in [0, 0.05) is 25.7 Å². The standard InChI is InChI=1S/C16H21N3O4.ClH/c20-16(18-21)5-4-14-2-1-3-15(12-14)13-17-23-11-8-19-6-9-22-10-7-19;/h1-5,12-13,21H,6-11H2,(H,18,20);1H. The summed E-state index contributed by atoms with van der Waals surface area (Å²) in [5.41, 5.74) is 3.23. The van der Waals surface area contributed by atoms with Crippen molar-refractivity contribution in [2.75, 3.05) is 39.5 Å². The van der Waals surface area contributed by atoms with Gasteiger partial charge in [0.15, 0.2) is 0 Å². The molecule has 1 amide bonds. The molecule has 0 radical (unpaired) electrons. The van der Waals surface area contributed by atoms with Gasteiger partial charge in [-0.05, 0) is 23.3 Å². The summed E-state index contributed by atoms with van der Waals surface area (Å²) < 4.78 is 5.28. The topological polar surface area (TPSA) is 83.4 Å². The Morgan fingerprint density at radius 3 is 2.88 bits per heavy atom. The molecule has 0 aromatic heterocycles. The number of hydrogen-bond donors (Lipinski definition) is 2. The third-order valence-corrected chi connectivity index (χ3v) is 3.33. The molecule has 0 spiro atoms. The molecule has 1 fully saturated rings. The van der Waals surface area contributed by atoms with E-state index in [2.05, 4.69) is 10.1 Å². The highest BCUT2D eigenvalue weighted by Crippen LogP contribution is 2.05. The lowest BCUT2D eigenvalue weighted by atomic mass is 10.1. The lowest BCUT2D eigenvalue weighted by Gasteiger charge is -2.25. The number of halogens is 1. The summed E-state index contributed by atoms with van der Waals surface area (Å²) >= 11 is 0. The molecule has 2 N–H and O–H groups in total. The van der Waals surface area contributed by atoms with Crippen LogP contribution < -0.4 is 5.48 Å². The van der Waals surface area contributed by atoms with Gasteiger partial charge in [-0.15, -0.1) is 12.4 Å². The number of oxime groups is 1. The molecule has 1 saturated heterocycles. The van der Waals surface area contributed by atoms with Gasteiger partial charge in [-0.1, -0.05) is 23.4 Å². The maximum absolute atomic E-state index is 10.9. The van der Waals surface area contributed by atoms with Crippen molar-refractivity contribution in [1.82, 2.24) is 10.4 Å². The van der Waals surface area contributed by atoms with Crippen LogP contribution in [0.1, 0.15) is 11.1 Å². The zero-order valence-electron chi connectivity index (χ0n) is 13.3. The maximum Gasteiger partial charge on any atom is 0.267 e. The molecule has 1 aromatic carbocycles. The van der Waals surface area contributed by atoms with E-state index in [1.54, 1.807) is 17.8 Å². The largest absolute Gasteiger partial charge is 0.394 e. The van der Waals surface area contributed by atoms with Crippen molar-refractivity contribution in [1.29, 1.82) is 0 Å². The number of carbonyl (C=O) groups excluding carboxylic acids is 1. The first kappa shape index (κ1) is 20.1. The van der Waals surface area contributed by atoms with Gasteiger partial charge in [0.2, 0.25) is 0 Å². The summed E-state index contributed by atoms with van der Waals surface area (Å²) in [5, 5.41) is 12.4. The highest BCUT2D eigenvalue weighted by Gasteiger charge is 2.09. The molecule has 1 aromatic rings. The van der Waals surface area contributed by atoms with Crippen LogP contribution in [0.4, 0.5) is 0 Å². The molecule has 1 aliphatic rings. The second-order valence-electron chi connectivity index (χ2n) is 5.00. The lowest BCUT2D eigenvalue weighted by molar-refractivity contribution is -0.124. The number of carbonyl (C=O) groups is 1. The number of hydroxylamine groups is 1. The molecule has 0 bridgehead atoms. The Hall–Kier alpha value is -1.93. The normalized spacial score (nSPS) is 15.4. The van der Waals surface area contributed by atoms with Crippen LogP contribution in [-0.2, 0) is 14.4 Å². The van der Waals surface area contributed by atoms with E-state index in [0.717, 1.165) is 44.0 Å². The Morgan fingerprint density at radius 2 is 2.12 bits per heavy atom. The van der Waals surface area contributed by atoms with Crippen molar-refractivity contribution in [3.8, 4) is 0 Å². The van der Waals surface area contributed by atoms with Gasteiger partial charge in [0.1, 0.15) is 6.61 Å². The molecule has 0 atom stereocenters. The van der Waals surface area contributed by atoms with Crippen LogP contribution >= 0.6 is 12.4 Å². The SMILES string of the molecule is Cl.O=C(C=Cc1cccc(C=NOCCN2CCOCC2)c1)NO. The zero-order chi connectivity index (χ0) is 16.3. The monoisotopic (exact) mass is 355 g/mol. The molecule has 24 heavy (non-hydrogen) atoms. The summed E-state index contributed by atoms with van der Waals surface area (Å²) in [4.78, 5) is 18.5. The summed E-state index contributed by atoms with van der Waals surface area (Å²) in [6, 6.07) is 7.44. The fourth-order valence-corrected chi connectivity index (χ4v) is 2.10. The fraction of sp³-hybridized carbons (Fsp3) is 0.375. The van der Waals surface area contributed by atoms with E-state index in [-0.39, 0.29) is 12.4 Å². The third-order valence-electron chi connectivity index (χ3n) is 3.33. The van der Waals surface area contributed by atoms with Crippen molar-refractivity contribution in [2.24, 2.45) is 5.16 Å². The third kappa shape index (κ3) is 7.56. The zero-order valence-corrected chi connectivity index (χ0v) is 14.1. The molecule has 2 rings (SSSR count). The number of ether oxygens (including phenoxy) is 1. The number of nitrogens with one attached hydrogen (secondary N) is 1. The molecular weight excluding hydrogens is 334 g/mol. The highest BCUT2D eigenvalue weighted by atomic mass is 35.5. The first-order valence-corrected chi connectivity index (χ1v) is 7.45. The van der Waals surface area contributed by atoms with Crippen molar-refractivity contribution < 1.29 is 19.6 Å². The molecule has 7 nitrogen and oxygen atoms in total. The first-order chi connectivity index (χ1) is 11.3. The first-order valence-electron chi connectivity index (χ1n) is 7.45. The number of hydrogen-bond acceptors (Lipinski definition) is 6. The quantitative estimate of drug-likeness (QED) is 0.253. The van der Waals surface area contributed by atoms with E-state index in [1.807, 2.05) is 24.3 Å². The number of nitrogens with zero attached hydrogens (tertiary/aromatic N) is 2. The predicted octanol–water partition coefficient (Wildman–Crippen LogP) is 1.31. The van der Waals surface area contributed by atoms with E-state index < -0.39 is 5.91 Å². The minimum atomic E-state index is -0.574. The van der Waals surface area contributed by atoms with E-state index in [1.165, 1.54) is 6.08 Å². The van der Waals surface area contributed by atoms with Crippen LogP contribution in [0.3, 0.4) is 0 Å². The Bertz CT molecular complexity index is 560. The van der Waals surface area contributed by atoms with Gasteiger partial charge in [-0.2, -0.15) is 0 Å². The molecule has 1 heterocycles. The van der Waals surface area contributed by atoms with Crippen LogP contribution in [0.25, 0.3) is 6.08 Å². The van der Waals surface area contributed by atoms with Gasteiger partial charge < -0.3 is 9.57 Å². The number of benzene rings is 1. The minimum Gasteiger partial charge on any atom is -0.394 e. The van der Waals surface area contributed by atoms with Gasteiger partial charge in [-0.25, -0.2) is 5.48 Å². The molecule has 0 unspecified atom stereocenters. The average Bonchev–Trinajstić information content (AvgIpc) is 2.60. The maximum atomic E-state index is 10.9. The highest BCUT2D eigenvalue weighted by molar-refractivity contribution is 5.91. The van der Waals surface area contributed by atoms with Crippen LogP contribution in [0.15, 0.2) is 35.5 Å². The second kappa shape index (κ2) is 11.6. The molecule has 0 saturated carbocycles. The van der Waals surface area contributed by atoms with Crippen LogP contribution in [0.5, 0.6) is 0 Å².